The zero-order valence-electron chi connectivity index (χ0n) is 8.27. The number of nitrogens with two attached hydrogens (primary N) is 1. The largest absolute Gasteiger partial charge is 0.504 e. The van der Waals surface area contributed by atoms with E-state index in [-0.39, 0.29) is 0 Å². The lowest BCUT2D eigenvalue weighted by atomic mass is 10.0. The SMILES string of the molecule is COc1cc(O)c(O)c(C(N)C(=O)O)c1F. The average molecular weight is 231 g/mol. The summed E-state index contributed by atoms with van der Waals surface area (Å²) in [5, 5.41) is 27.2. The number of aliphatic carboxylic acids is 1. The highest BCUT2D eigenvalue weighted by molar-refractivity contribution is 5.77. The first-order valence-corrected chi connectivity index (χ1v) is 4.16. The second kappa shape index (κ2) is 4.23. The van der Waals surface area contributed by atoms with Crippen LogP contribution in [0.15, 0.2) is 6.07 Å². The Morgan fingerprint density at radius 1 is 1.56 bits per heavy atom. The molecule has 0 bridgehead atoms. The molecule has 0 amide bonds. The molecule has 0 radical (unpaired) electrons. The molecule has 0 heterocycles. The normalized spacial score (nSPS) is 12.2. The summed E-state index contributed by atoms with van der Waals surface area (Å²) >= 11 is 0. The zero-order chi connectivity index (χ0) is 12.5. The average Bonchev–Trinajstić information content (AvgIpc) is 2.23. The quantitative estimate of drug-likeness (QED) is 0.557. The molecule has 0 aromatic heterocycles. The molecular weight excluding hydrogens is 221 g/mol. The predicted octanol–water partition coefficient (Wildman–Crippen LogP) is 0.330. The van der Waals surface area contributed by atoms with Crippen molar-refractivity contribution < 1.29 is 29.2 Å². The van der Waals surface area contributed by atoms with E-state index in [1.165, 1.54) is 0 Å². The van der Waals surface area contributed by atoms with Crippen LogP contribution in [0.3, 0.4) is 0 Å². The number of phenols is 2. The van der Waals surface area contributed by atoms with E-state index < -0.39 is 40.6 Å². The van der Waals surface area contributed by atoms with Gasteiger partial charge in [-0.1, -0.05) is 0 Å². The molecule has 0 aliphatic carbocycles. The summed E-state index contributed by atoms with van der Waals surface area (Å²) in [4.78, 5) is 10.6. The summed E-state index contributed by atoms with van der Waals surface area (Å²) in [6.07, 6.45) is 0. The van der Waals surface area contributed by atoms with Gasteiger partial charge in [-0.25, -0.2) is 4.39 Å². The molecule has 0 saturated carbocycles. The van der Waals surface area contributed by atoms with Gasteiger partial charge in [-0.05, 0) is 0 Å². The van der Waals surface area contributed by atoms with Crippen LogP contribution in [0.5, 0.6) is 17.2 Å². The number of carboxylic acid groups (broad SMARTS) is 1. The van der Waals surface area contributed by atoms with Crippen molar-refractivity contribution in [2.45, 2.75) is 6.04 Å². The second-order valence-corrected chi connectivity index (χ2v) is 2.99. The highest BCUT2D eigenvalue weighted by Crippen LogP contribution is 2.39. The number of benzene rings is 1. The van der Waals surface area contributed by atoms with Crippen LogP contribution < -0.4 is 10.5 Å². The molecule has 5 N–H and O–H groups in total. The summed E-state index contributed by atoms with van der Waals surface area (Å²) in [6, 6.07) is -0.969. The first kappa shape index (κ1) is 12.1. The fourth-order valence-electron chi connectivity index (χ4n) is 1.19. The third kappa shape index (κ3) is 1.84. The van der Waals surface area contributed by atoms with Crippen LogP contribution in [0, 0.1) is 5.82 Å². The minimum atomic E-state index is -1.79. The number of phenolic OH excluding ortho intramolecular Hbond substituents is 2. The highest BCUT2D eigenvalue weighted by atomic mass is 19.1. The molecule has 1 unspecified atom stereocenters. The van der Waals surface area contributed by atoms with Gasteiger partial charge in [0.25, 0.3) is 0 Å². The Kier molecular flexibility index (Phi) is 3.19. The van der Waals surface area contributed by atoms with E-state index in [0.717, 1.165) is 13.2 Å². The maximum atomic E-state index is 13.6. The first-order chi connectivity index (χ1) is 7.40. The molecule has 7 heteroatoms. The Hall–Kier alpha value is -2.02. The molecule has 0 aliphatic heterocycles. The van der Waals surface area contributed by atoms with Gasteiger partial charge >= 0.3 is 5.97 Å². The Morgan fingerprint density at radius 2 is 2.12 bits per heavy atom. The molecule has 1 aromatic carbocycles. The Labute approximate surface area is 89.7 Å². The van der Waals surface area contributed by atoms with Gasteiger partial charge in [0.2, 0.25) is 0 Å². The van der Waals surface area contributed by atoms with Crippen molar-refractivity contribution in [1.82, 2.24) is 0 Å². The number of aromatic hydroxyl groups is 2. The number of methoxy groups -OCH3 is 1. The van der Waals surface area contributed by atoms with Gasteiger partial charge in [0, 0.05) is 6.07 Å². The fourth-order valence-corrected chi connectivity index (χ4v) is 1.19. The minimum Gasteiger partial charge on any atom is -0.504 e. The Morgan fingerprint density at radius 3 is 2.56 bits per heavy atom. The molecule has 0 fully saturated rings. The van der Waals surface area contributed by atoms with Gasteiger partial charge in [0.15, 0.2) is 23.1 Å². The number of carboxylic acids is 1. The fraction of sp³-hybridized carbons (Fsp3) is 0.222. The molecule has 1 atom stereocenters. The first-order valence-electron chi connectivity index (χ1n) is 4.16. The zero-order valence-corrected chi connectivity index (χ0v) is 8.27. The molecule has 6 nitrogen and oxygen atoms in total. The van der Waals surface area contributed by atoms with Gasteiger partial charge < -0.3 is 25.8 Å². The van der Waals surface area contributed by atoms with E-state index in [2.05, 4.69) is 4.74 Å². The monoisotopic (exact) mass is 231 g/mol. The van der Waals surface area contributed by atoms with Crippen molar-refractivity contribution in [2.24, 2.45) is 5.73 Å². The summed E-state index contributed by atoms with van der Waals surface area (Å²) in [5.41, 5.74) is 4.45. The van der Waals surface area contributed by atoms with Crippen LogP contribution in [0.1, 0.15) is 11.6 Å². The second-order valence-electron chi connectivity index (χ2n) is 2.99. The van der Waals surface area contributed by atoms with E-state index in [1.54, 1.807) is 0 Å². The van der Waals surface area contributed by atoms with Crippen molar-refractivity contribution in [1.29, 1.82) is 0 Å². The predicted molar refractivity (Wildman–Crippen MR) is 50.8 cm³/mol. The third-order valence-corrected chi connectivity index (χ3v) is 2.02. The Balaban J connectivity index is 3.47. The van der Waals surface area contributed by atoms with Crippen molar-refractivity contribution in [3.63, 3.8) is 0 Å². The van der Waals surface area contributed by atoms with Gasteiger partial charge in [0.05, 0.1) is 12.7 Å². The van der Waals surface area contributed by atoms with Crippen LogP contribution in [0.25, 0.3) is 0 Å². The van der Waals surface area contributed by atoms with Crippen molar-refractivity contribution in [2.75, 3.05) is 7.11 Å². The van der Waals surface area contributed by atoms with Gasteiger partial charge in [-0.2, -0.15) is 0 Å². The van der Waals surface area contributed by atoms with E-state index in [4.69, 9.17) is 10.8 Å². The van der Waals surface area contributed by atoms with Crippen LogP contribution in [0.2, 0.25) is 0 Å². The van der Waals surface area contributed by atoms with Gasteiger partial charge in [0.1, 0.15) is 6.04 Å². The van der Waals surface area contributed by atoms with Crippen molar-refractivity contribution >= 4 is 5.97 Å². The smallest absolute Gasteiger partial charge is 0.325 e. The molecular formula is C9H10FNO5. The van der Waals surface area contributed by atoms with Crippen LogP contribution in [-0.2, 0) is 4.79 Å². The number of hydrogen-bond donors (Lipinski definition) is 4. The number of hydrogen-bond acceptors (Lipinski definition) is 5. The summed E-state index contributed by atoms with van der Waals surface area (Å²) in [5.74, 6) is -4.67. The molecule has 0 saturated heterocycles. The summed E-state index contributed by atoms with van der Waals surface area (Å²) in [6.45, 7) is 0. The number of halogens is 1. The number of carbonyl (C=O) groups is 1. The van der Waals surface area contributed by atoms with Crippen LogP contribution in [0.4, 0.5) is 4.39 Å². The van der Waals surface area contributed by atoms with E-state index in [9.17, 15) is 19.4 Å². The standard InChI is InChI=1S/C9H10FNO5/c1-16-4-2-3(12)8(13)5(6(4)10)7(11)9(14)15/h2,7,12-13H,11H2,1H3,(H,14,15). The minimum absolute atomic E-state index is 0.401. The molecule has 0 spiro atoms. The van der Waals surface area contributed by atoms with Gasteiger partial charge in [-0.3, -0.25) is 4.79 Å². The van der Waals surface area contributed by atoms with Crippen molar-refractivity contribution in [3.05, 3.63) is 17.4 Å². The van der Waals surface area contributed by atoms with Crippen LogP contribution in [-0.4, -0.2) is 28.4 Å². The lowest BCUT2D eigenvalue weighted by Crippen LogP contribution is -2.22. The van der Waals surface area contributed by atoms with Gasteiger partial charge in [-0.15, -0.1) is 0 Å². The topological polar surface area (TPSA) is 113 Å². The number of ether oxygens (including phenoxy) is 1. The van der Waals surface area contributed by atoms with E-state index >= 15 is 0 Å². The number of rotatable bonds is 3. The van der Waals surface area contributed by atoms with Crippen molar-refractivity contribution in [3.8, 4) is 17.2 Å². The molecule has 16 heavy (non-hydrogen) atoms. The third-order valence-electron chi connectivity index (χ3n) is 2.02. The maximum Gasteiger partial charge on any atom is 0.325 e. The molecule has 88 valence electrons. The lowest BCUT2D eigenvalue weighted by Gasteiger charge is -2.13. The summed E-state index contributed by atoms with van der Waals surface area (Å²) < 4.78 is 18.1. The van der Waals surface area contributed by atoms with E-state index in [0.29, 0.717) is 0 Å². The highest BCUT2D eigenvalue weighted by Gasteiger charge is 2.27. The van der Waals surface area contributed by atoms with Crippen LogP contribution >= 0.6 is 0 Å². The molecule has 1 aromatic rings. The molecule has 0 aliphatic rings. The maximum absolute atomic E-state index is 13.6. The van der Waals surface area contributed by atoms with E-state index in [1.807, 2.05) is 0 Å². The summed E-state index contributed by atoms with van der Waals surface area (Å²) in [7, 11) is 1.13. The lowest BCUT2D eigenvalue weighted by molar-refractivity contribution is -0.138. The Bertz CT molecular complexity index is 434. The molecule has 1 rings (SSSR count).